The van der Waals surface area contributed by atoms with E-state index in [9.17, 15) is 32.7 Å². The molecule has 4 rings (SSSR count). The van der Waals surface area contributed by atoms with E-state index in [0.717, 1.165) is 44.8 Å². The molecule has 1 aliphatic heterocycles. The van der Waals surface area contributed by atoms with Crippen LogP contribution in [-0.2, 0) is 24.2 Å². The van der Waals surface area contributed by atoms with Crippen LogP contribution in [0.2, 0.25) is 0 Å². The largest absolute Gasteiger partial charge is 0.371 e. The summed E-state index contributed by atoms with van der Waals surface area (Å²) in [6.07, 6.45) is 7.27. The van der Waals surface area contributed by atoms with Crippen molar-refractivity contribution in [3.63, 3.8) is 0 Å². The van der Waals surface area contributed by atoms with Crippen LogP contribution in [-0.4, -0.2) is 84.6 Å². The fourth-order valence-electron chi connectivity index (χ4n) is 6.93. The number of carbonyl (C=O) groups excluding carboxylic acids is 4. The Morgan fingerprint density at radius 3 is 2.29 bits per heavy atom. The van der Waals surface area contributed by atoms with Crippen LogP contribution in [0, 0.1) is 5.92 Å². The van der Waals surface area contributed by atoms with Crippen LogP contribution in [0.4, 0.5) is 0 Å². The third kappa shape index (κ3) is 8.40. The number of hydrogen-bond donors (Lipinski definition) is 4. The molecule has 1 aromatic rings. The van der Waals surface area contributed by atoms with Crippen LogP contribution >= 0.6 is 0 Å². The lowest BCUT2D eigenvalue weighted by atomic mass is 9.77. The van der Waals surface area contributed by atoms with Gasteiger partial charge in [0.2, 0.25) is 17.6 Å². The van der Waals surface area contributed by atoms with E-state index in [1.54, 1.807) is 0 Å². The number of benzene rings is 1. The minimum absolute atomic E-state index is 0.0220. The molecule has 0 spiro atoms. The maximum absolute atomic E-state index is 14.2. The van der Waals surface area contributed by atoms with Crippen LogP contribution in [0.25, 0.3) is 10.4 Å². The number of carbonyl (C=O) groups is 4. The van der Waals surface area contributed by atoms with E-state index >= 15 is 0 Å². The molecule has 5 N–H and O–H groups in total. The van der Waals surface area contributed by atoms with Gasteiger partial charge in [0.1, 0.15) is 17.6 Å². The molecule has 3 fully saturated rings. The predicted octanol–water partition coefficient (Wildman–Crippen LogP) is 2.10. The van der Waals surface area contributed by atoms with Gasteiger partial charge in [0.15, 0.2) is 16.1 Å². The number of hydrogen-bond acceptors (Lipinski definition) is 9. The molecule has 1 saturated heterocycles. The van der Waals surface area contributed by atoms with Gasteiger partial charge in [-0.15, -0.1) is 0 Å². The van der Waals surface area contributed by atoms with Crippen LogP contribution in [0.5, 0.6) is 0 Å². The molecule has 246 valence electrons. The second-order valence-corrected chi connectivity index (χ2v) is 14.6. The van der Waals surface area contributed by atoms with Crippen molar-refractivity contribution in [3.8, 4) is 0 Å². The smallest absolute Gasteiger partial charge is 0.251 e. The Labute approximate surface area is 263 Å². The normalized spacial score (nSPS) is 23.3. The maximum Gasteiger partial charge on any atom is 0.251 e. The Balaban J connectivity index is 1.60. The van der Waals surface area contributed by atoms with Gasteiger partial charge in [-0.3, -0.25) is 24.9 Å². The first-order valence-corrected chi connectivity index (χ1v) is 17.5. The summed E-state index contributed by atoms with van der Waals surface area (Å²) >= 11 is 0. The maximum atomic E-state index is 14.2. The minimum Gasteiger partial charge on any atom is -0.371 e. The molecule has 2 saturated carbocycles. The number of aliphatic hydroxyl groups is 1. The molecule has 2 aliphatic carbocycles. The van der Waals surface area contributed by atoms with Crippen molar-refractivity contribution in [2.24, 2.45) is 16.8 Å². The fourth-order valence-corrected chi connectivity index (χ4v) is 7.56. The molecule has 1 aromatic carbocycles. The molecule has 0 aromatic heterocycles. The number of nitrogens with two attached hydrogens (primary N) is 1. The number of rotatable bonds is 11. The second-order valence-electron chi connectivity index (χ2n) is 12.6. The Bertz CT molecular complexity index is 1410. The number of azide groups is 1. The highest BCUT2D eigenvalue weighted by molar-refractivity contribution is 7.90. The Morgan fingerprint density at radius 2 is 1.71 bits per heavy atom. The average Bonchev–Trinajstić information content (AvgIpc) is 3.45. The summed E-state index contributed by atoms with van der Waals surface area (Å²) < 4.78 is 23.7. The first kappa shape index (κ1) is 34.4. The molecule has 0 radical (unpaired) electrons. The molecular weight excluding hydrogens is 602 g/mol. The lowest BCUT2D eigenvalue weighted by Crippen LogP contribution is -2.63. The van der Waals surface area contributed by atoms with Gasteiger partial charge in [0, 0.05) is 23.3 Å². The van der Waals surface area contributed by atoms with Gasteiger partial charge in [-0.1, -0.05) is 56.5 Å². The van der Waals surface area contributed by atoms with Crippen LogP contribution in [0.15, 0.2) is 34.3 Å². The SMILES string of the molecule is CS(=O)(=O)c1ccc(C(=O)N[C@H](CC2CCCCC2)C(=O)N2CC(N=[N+]=[N-])C[C@H]2C(=O)NC2(C(=O)C(N)O)CCCCC2)cc1. The van der Waals surface area contributed by atoms with Crippen LogP contribution in [0.1, 0.15) is 87.4 Å². The summed E-state index contributed by atoms with van der Waals surface area (Å²) in [5, 5.41) is 19.3. The highest BCUT2D eigenvalue weighted by Crippen LogP contribution is 2.32. The number of sulfone groups is 1. The number of likely N-dealkylation sites (tertiary alicyclic amines) is 1. The molecule has 3 aliphatic rings. The summed E-state index contributed by atoms with van der Waals surface area (Å²) in [4.78, 5) is 58.7. The second kappa shape index (κ2) is 14.7. The zero-order valence-electron chi connectivity index (χ0n) is 25.6. The van der Waals surface area contributed by atoms with Crippen LogP contribution in [0.3, 0.4) is 0 Å². The Kier molecular flexibility index (Phi) is 11.2. The Morgan fingerprint density at radius 1 is 1.09 bits per heavy atom. The highest BCUT2D eigenvalue weighted by Gasteiger charge is 2.47. The first-order chi connectivity index (χ1) is 21.3. The van der Waals surface area contributed by atoms with Crippen molar-refractivity contribution >= 4 is 33.3 Å². The molecule has 3 amide bonds. The zero-order chi connectivity index (χ0) is 32.8. The summed E-state index contributed by atoms with van der Waals surface area (Å²) in [6, 6.07) is 2.61. The molecule has 0 bridgehead atoms. The van der Waals surface area contributed by atoms with E-state index in [1.807, 2.05) is 0 Å². The summed E-state index contributed by atoms with van der Waals surface area (Å²) in [7, 11) is -3.47. The first-order valence-electron chi connectivity index (χ1n) is 15.6. The summed E-state index contributed by atoms with van der Waals surface area (Å²) in [5.41, 5.74) is 13.5. The molecular formula is C30H43N7O7S. The van der Waals surface area contributed by atoms with E-state index in [0.29, 0.717) is 32.1 Å². The van der Waals surface area contributed by atoms with Gasteiger partial charge in [0.25, 0.3) is 5.91 Å². The number of aliphatic hydroxyl groups excluding tert-OH is 1. The molecule has 14 nitrogen and oxygen atoms in total. The zero-order valence-corrected chi connectivity index (χ0v) is 26.4. The third-order valence-corrected chi connectivity index (χ3v) is 10.5. The van der Waals surface area contributed by atoms with Crippen molar-refractivity contribution < 1.29 is 32.7 Å². The van der Waals surface area contributed by atoms with E-state index in [1.165, 1.54) is 29.2 Å². The van der Waals surface area contributed by atoms with Crippen molar-refractivity contribution in [1.29, 1.82) is 0 Å². The van der Waals surface area contributed by atoms with E-state index in [-0.39, 0.29) is 29.3 Å². The fraction of sp³-hybridized carbons (Fsp3) is 0.667. The van der Waals surface area contributed by atoms with Crippen LogP contribution < -0.4 is 16.4 Å². The van der Waals surface area contributed by atoms with Crippen molar-refractivity contribution in [2.75, 3.05) is 12.8 Å². The molecule has 2 unspecified atom stereocenters. The lowest BCUT2D eigenvalue weighted by Gasteiger charge is -2.39. The van der Waals surface area contributed by atoms with E-state index < -0.39 is 63.2 Å². The van der Waals surface area contributed by atoms with Gasteiger partial charge in [-0.2, -0.15) is 0 Å². The van der Waals surface area contributed by atoms with Crippen molar-refractivity contribution in [3.05, 3.63) is 40.3 Å². The van der Waals surface area contributed by atoms with Gasteiger partial charge >= 0.3 is 0 Å². The number of amides is 3. The van der Waals surface area contributed by atoms with E-state index in [4.69, 9.17) is 11.3 Å². The standard InChI is InChI=1S/C30H43N7O7S/c1-45(43,44)22-12-10-20(11-13-22)27(40)33-23(16-19-8-4-2-5-9-19)29(42)37-18-21(35-36-32)17-24(37)28(41)34-30(25(38)26(31)39)14-6-3-7-15-30/h10-13,19,21,23-24,26,39H,2-9,14-18,31H2,1H3,(H,33,40)(H,34,41)/t21?,23-,24+,26?/m1/s1. The average molecular weight is 646 g/mol. The highest BCUT2D eigenvalue weighted by atomic mass is 32.2. The minimum atomic E-state index is -3.47. The lowest BCUT2D eigenvalue weighted by molar-refractivity contribution is -0.144. The molecule has 4 atom stereocenters. The predicted molar refractivity (Wildman–Crippen MR) is 164 cm³/mol. The molecule has 45 heavy (non-hydrogen) atoms. The Hall–Kier alpha value is -3.52. The quantitative estimate of drug-likeness (QED) is 0.120. The number of ketones is 1. The van der Waals surface area contributed by atoms with Gasteiger partial charge in [-0.25, -0.2) is 8.42 Å². The van der Waals surface area contributed by atoms with Crippen molar-refractivity contribution in [1.82, 2.24) is 15.5 Å². The van der Waals surface area contributed by atoms with Crippen molar-refractivity contribution in [2.45, 2.75) is 112 Å². The van der Waals surface area contributed by atoms with Gasteiger partial charge in [-0.05, 0) is 61.4 Å². The van der Waals surface area contributed by atoms with E-state index in [2.05, 4.69) is 20.7 Å². The number of Topliss-reactive ketones (excluding diaryl/α,β-unsaturated/α-hetero) is 1. The number of nitrogens with zero attached hydrogens (tertiary/aromatic N) is 4. The summed E-state index contributed by atoms with van der Waals surface area (Å²) in [5.74, 6) is -2.23. The monoisotopic (exact) mass is 645 g/mol. The van der Waals surface area contributed by atoms with Gasteiger partial charge < -0.3 is 20.6 Å². The number of nitrogens with one attached hydrogen (secondary N) is 2. The molecule has 1 heterocycles. The molecule has 15 heteroatoms. The topological polar surface area (TPSA) is 225 Å². The summed E-state index contributed by atoms with van der Waals surface area (Å²) in [6.45, 7) is -0.0540. The van der Waals surface area contributed by atoms with Gasteiger partial charge in [0.05, 0.1) is 10.9 Å². The third-order valence-electron chi connectivity index (χ3n) is 9.33.